The second-order valence-corrected chi connectivity index (χ2v) is 2.90. The highest BCUT2D eigenvalue weighted by Crippen LogP contribution is 2.12. The second-order valence-electron chi connectivity index (χ2n) is 2.90. The molecule has 0 bridgehead atoms. The third-order valence-electron chi connectivity index (χ3n) is 1.77. The van der Waals surface area contributed by atoms with E-state index < -0.39 is 11.6 Å². The van der Waals surface area contributed by atoms with Crippen molar-refractivity contribution >= 4 is 5.69 Å². The van der Waals surface area contributed by atoms with Crippen LogP contribution in [-0.2, 0) is 4.74 Å². The van der Waals surface area contributed by atoms with Crippen molar-refractivity contribution in [1.82, 2.24) is 0 Å². The van der Waals surface area contributed by atoms with Crippen LogP contribution >= 0.6 is 0 Å². The first-order chi connectivity index (χ1) is 6.74. The number of ether oxygens (including phenoxy) is 1. The highest BCUT2D eigenvalue weighted by molar-refractivity contribution is 5.43. The van der Waals surface area contributed by atoms with E-state index in [0.29, 0.717) is 18.8 Å². The zero-order valence-electron chi connectivity index (χ0n) is 8.02. The van der Waals surface area contributed by atoms with Crippen LogP contribution in [0.25, 0.3) is 0 Å². The molecule has 2 nitrogen and oxygen atoms in total. The zero-order valence-corrected chi connectivity index (χ0v) is 8.02. The molecule has 1 aromatic carbocycles. The molecule has 0 aliphatic rings. The Balaban J connectivity index is 2.39. The summed E-state index contributed by atoms with van der Waals surface area (Å²) in [6.07, 6.45) is 0.829. The van der Waals surface area contributed by atoms with Crippen LogP contribution in [0.4, 0.5) is 14.5 Å². The Morgan fingerprint density at radius 2 is 2.07 bits per heavy atom. The van der Waals surface area contributed by atoms with E-state index in [1.165, 1.54) is 6.07 Å². The highest BCUT2D eigenvalue weighted by Gasteiger charge is 2.01. The highest BCUT2D eigenvalue weighted by atomic mass is 19.2. The summed E-state index contributed by atoms with van der Waals surface area (Å²) in [4.78, 5) is 0. The van der Waals surface area contributed by atoms with Gasteiger partial charge in [-0.25, -0.2) is 8.78 Å². The molecule has 0 amide bonds. The average molecular weight is 201 g/mol. The van der Waals surface area contributed by atoms with Crippen LogP contribution in [-0.4, -0.2) is 20.3 Å². The molecule has 1 aromatic rings. The summed E-state index contributed by atoms with van der Waals surface area (Å²) in [5.41, 5.74) is 0.583. The van der Waals surface area contributed by atoms with Crippen LogP contribution < -0.4 is 5.32 Å². The van der Waals surface area contributed by atoms with Gasteiger partial charge in [0.1, 0.15) is 0 Å². The van der Waals surface area contributed by atoms with Crippen LogP contribution in [0.5, 0.6) is 0 Å². The van der Waals surface area contributed by atoms with Gasteiger partial charge in [-0.2, -0.15) is 0 Å². The van der Waals surface area contributed by atoms with Crippen molar-refractivity contribution in [1.29, 1.82) is 0 Å². The fraction of sp³-hybridized carbons (Fsp3) is 0.400. The van der Waals surface area contributed by atoms with E-state index in [4.69, 9.17) is 4.74 Å². The molecule has 0 aromatic heterocycles. The van der Waals surface area contributed by atoms with E-state index >= 15 is 0 Å². The minimum Gasteiger partial charge on any atom is -0.385 e. The Labute approximate surface area is 81.9 Å². The number of methoxy groups -OCH3 is 1. The molecule has 1 rings (SSSR count). The van der Waals surface area contributed by atoms with E-state index in [1.54, 1.807) is 7.11 Å². The average Bonchev–Trinajstić information content (AvgIpc) is 2.18. The number of benzene rings is 1. The summed E-state index contributed by atoms with van der Waals surface area (Å²) in [6.45, 7) is 1.33. The number of hydrogen-bond acceptors (Lipinski definition) is 2. The summed E-state index contributed by atoms with van der Waals surface area (Å²) < 4.78 is 30.1. The first-order valence-electron chi connectivity index (χ1n) is 4.42. The fourth-order valence-electron chi connectivity index (χ4n) is 1.06. The minimum absolute atomic E-state index is 0.583. The van der Waals surface area contributed by atoms with Gasteiger partial charge in [0.25, 0.3) is 0 Å². The molecule has 0 aliphatic heterocycles. The first-order valence-corrected chi connectivity index (χ1v) is 4.42. The topological polar surface area (TPSA) is 21.3 Å². The van der Waals surface area contributed by atoms with Gasteiger partial charge in [0, 0.05) is 25.9 Å². The molecule has 0 unspecified atom stereocenters. The first kappa shape index (κ1) is 10.9. The standard InChI is InChI=1S/C10H13F2NO/c1-14-6-2-5-13-8-3-4-9(11)10(12)7-8/h3-4,7,13H,2,5-6H2,1H3. The monoisotopic (exact) mass is 201 g/mol. The summed E-state index contributed by atoms with van der Waals surface area (Å²) in [6, 6.07) is 3.75. The molecule has 0 radical (unpaired) electrons. The number of anilines is 1. The third-order valence-corrected chi connectivity index (χ3v) is 1.77. The van der Waals surface area contributed by atoms with Crippen molar-refractivity contribution in [2.45, 2.75) is 6.42 Å². The maximum absolute atomic E-state index is 12.7. The maximum Gasteiger partial charge on any atom is 0.160 e. The molecule has 4 heteroatoms. The molecule has 0 fully saturated rings. The van der Waals surface area contributed by atoms with Crippen LogP contribution in [0, 0.1) is 11.6 Å². The molecule has 0 saturated heterocycles. The van der Waals surface area contributed by atoms with E-state index in [2.05, 4.69) is 5.32 Å². The lowest BCUT2D eigenvalue weighted by molar-refractivity contribution is 0.198. The molecule has 0 saturated carbocycles. The van der Waals surface area contributed by atoms with Gasteiger partial charge in [-0.1, -0.05) is 0 Å². The van der Waals surface area contributed by atoms with E-state index in [1.807, 2.05) is 0 Å². The maximum atomic E-state index is 12.7. The molecule has 0 heterocycles. The van der Waals surface area contributed by atoms with Gasteiger partial charge in [0.2, 0.25) is 0 Å². The van der Waals surface area contributed by atoms with Crippen LogP contribution in [0.3, 0.4) is 0 Å². The largest absolute Gasteiger partial charge is 0.385 e. The van der Waals surface area contributed by atoms with Crippen molar-refractivity contribution in [2.24, 2.45) is 0 Å². The lowest BCUT2D eigenvalue weighted by Gasteiger charge is -2.05. The lowest BCUT2D eigenvalue weighted by atomic mass is 10.3. The molecule has 14 heavy (non-hydrogen) atoms. The third kappa shape index (κ3) is 3.30. The predicted molar refractivity (Wildman–Crippen MR) is 51.3 cm³/mol. The van der Waals surface area contributed by atoms with Gasteiger partial charge >= 0.3 is 0 Å². The summed E-state index contributed by atoms with van der Waals surface area (Å²) >= 11 is 0. The number of nitrogens with one attached hydrogen (secondary N) is 1. The minimum atomic E-state index is -0.832. The van der Waals surface area contributed by atoms with Gasteiger partial charge in [-0.05, 0) is 24.6 Å². The second kappa shape index (κ2) is 5.54. The zero-order chi connectivity index (χ0) is 10.4. The molecule has 0 atom stereocenters. The number of rotatable bonds is 5. The van der Waals surface area contributed by atoms with Crippen LogP contribution in [0.1, 0.15) is 6.42 Å². The molecular formula is C10H13F2NO. The summed E-state index contributed by atoms with van der Waals surface area (Å²) in [5, 5.41) is 2.96. The van der Waals surface area contributed by atoms with Gasteiger partial charge in [-0.15, -0.1) is 0 Å². The number of hydrogen-bond donors (Lipinski definition) is 1. The van der Waals surface area contributed by atoms with Gasteiger partial charge in [0.15, 0.2) is 11.6 Å². The Kier molecular flexibility index (Phi) is 4.32. The number of halogens is 2. The van der Waals surface area contributed by atoms with E-state index in [0.717, 1.165) is 18.6 Å². The molecule has 0 aliphatic carbocycles. The van der Waals surface area contributed by atoms with Gasteiger partial charge in [-0.3, -0.25) is 0 Å². The van der Waals surface area contributed by atoms with E-state index in [9.17, 15) is 8.78 Å². The molecule has 0 spiro atoms. The van der Waals surface area contributed by atoms with Crippen molar-refractivity contribution in [2.75, 3.05) is 25.6 Å². The van der Waals surface area contributed by atoms with Gasteiger partial charge < -0.3 is 10.1 Å². The van der Waals surface area contributed by atoms with Crippen molar-refractivity contribution in [3.63, 3.8) is 0 Å². The Bertz CT molecular complexity index is 291. The van der Waals surface area contributed by atoms with Crippen molar-refractivity contribution in [3.8, 4) is 0 Å². The van der Waals surface area contributed by atoms with Crippen LogP contribution in [0.2, 0.25) is 0 Å². The van der Waals surface area contributed by atoms with Crippen LogP contribution in [0.15, 0.2) is 18.2 Å². The molecule has 78 valence electrons. The summed E-state index contributed by atoms with van der Waals surface area (Å²) in [5.74, 6) is -1.66. The van der Waals surface area contributed by atoms with Crippen molar-refractivity contribution in [3.05, 3.63) is 29.8 Å². The normalized spacial score (nSPS) is 10.2. The SMILES string of the molecule is COCCCNc1ccc(F)c(F)c1. The Morgan fingerprint density at radius 1 is 1.29 bits per heavy atom. The molecule has 1 N–H and O–H groups in total. The smallest absolute Gasteiger partial charge is 0.160 e. The van der Waals surface area contributed by atoms with Gasteiger partial charge in [0.05, 0.1) is 0 Å². The molecular weight excluding hydrogens is 188 g/mol. The predicted octanol–water partition coefficient (Wildman–Crippen LogP) is 2.41. The quantitative estimate of drug-likeness (QED) is 0.738. The Hall–Kier alpha value is -1.16. The van der Waals surface area contributed by atoms with Crippen molar-refractivity contribution < 1.29 is 13.5 Å². The fourth-order valence-corrected chi connectivity index (χ4v) is 1.06. The Morgan fingerprint density at radius 3 is 2.71 bits per heavy atom. The van der Waals surface area contributed by atoms with E-state index in [-0.39, 0.29) is 0 Å². The summed E-state index contributed by atoms with van der Waals surface area (Å²) in [7, 11) is 1.62. The lowest BCUT2D eigenvalue weighted by Crippen LogP contribution is -2.04.